The van der Waals surface area contributed by atoms with E-state index in [9.17, 15) is 9.59 Å². The van der Waals surface area contributed by atoms with Gasteiger partial charge in [-0.05, 0) is 51.7 Å². The van der Waals surface area contributed by atoms with Crippen LogP contribution in [0.25, 0.3) is 0 Å². The summed E-state index contributed by atoms with van der Waals surface area (Å²) in [6, 6.07) is 8.12. The molecule has 28 heavy (non-hydrogen) atoms. The first-order chi connectivity index (χ1) is 13.4. The number of carbonyl (C=O) groups is 2. The zero-order valence-electron chi connectivity index (χ0n) is 17.2. The molecule has 0 radical (unpaired) electrons. The summed E-state index contributed by atoms with van der Waals surface area (Å²) in [5.74, 6) is -0.0377. The highest BCUT2D eigenvalue weighted by Crippen LogP contribution is 2.18. The third kappa shape index (κ3) is 4.50. The molecular weight excluding hydrogens is 354 g/mol. The van der Waals surface area contributed by atoms with Gasteiger partial charge in [-0.15, -0.1) is 0 Å². The summed E-state index contributed by atoms with van der Waals surface area (Å²) in [4.78, 5) is 26.9. The number of aromatic nitrogens is 2. The smallest absolute Gasteiger partial charge is 0.244 e. The van der Waals surface area contributed by atoms with E-state index in [1.165, 1.54) is 6.92 Å². The fourth-order valence-electron chi connectivity index (χ4n) is 3.87. The molecule has 0 saturated carbocycles. The van der Waals surface area contributed by atoms with E-state index in [-0.39, 0.29) is 24.3 Å². The number of Topliss-reactive ketones (excluding diaryl/α,β-unsaturated/α-hetero) is 1. The Morgan fingerprint density at radius 3 is 2.61 bits per heavy atom. The zero-order valence-corrected chi connectivity index (χ0v) is 17.2. The van der Waals surface area contributed by atoms with Crippen molar-refractivity contribution in [2.24, 2.45) is 0 Å². The molecule has 1 fully saturated rings. The molecule has 0 spiro atoms. The summed E-state index contributed by atoms with van der Waals surface area (Å²) in [5.41, 5.74) is 4.32. The number of carbonyl (C=O) groups excluding carboxylic acids is 2. The molecule has 6 nitrogen and oxygen atoms in total. The second kappa shape index (κ2) is 8.69. The normalized spacial score (nSPS) is 16.4. The number of ketones is 1. The van der Waals surface area contributed by atoms with Crippen LogP contribution >= 0.6 is 0 Å². The summed E-state index contributed by atoms with van der Waals surface area (Å²) in [6.07, 6.45) is 2.10. The third-order valence-corrected chi connectivity index (χ3v) is 5.44. The Kier molecular flexibility index (Phi) is 6.29. The molecule has 3 rings (SSSR count). The van der Waals surface area contributed by atoms with E-state index in [4.69, 9.17) is 4.74 Å². The standard InChI is InChI=1S/C22H29N3O3/c1-15-8-5-6-9-19(15)12-24(13-20-10-7-11-28-20)21(27)14-25-17(3)22(18(4)26)16(2)23-25/h5-6,8-9,20H,7,10-14H2,1-4H3. The molecule has 1 saturated heterocycles. The predicted octanol–water partition coefficient (Wildman–Crippen LogP) is 3.22. The number of benzene rings is 1. The quantitative estimate of drug-likeness (QED) is 0.689. The van der Waals surface area contributed by atoms with Gasteiger partial charge in [0.25, 0.3) is 0 Å². The van der Waals surface area contributed by atoms with Crippen LogP contribution < -0.4 is 0 Å². The topological polar surface area (TPSA) is 64.4 Å². The molecular formula is C22H29N3O3. The van der Waals surface area contributed by atoms with Crippen LogP contribution in [0.1, 0.15) is 52.6 Å². The van der Waals surface area contributed by atoms with E-state index in [1.54, 1.807) is 4.68 Å². The minimum atomic E-state index is -0.0233. The van der Waals surface area contributed by atoms with E-state index in [0.29, 0.717) is 24.3 Å². The van der Waals surface area contributed by atoms with Gasteiger partial charge in [-0.25, -0.2) is 0 Å². The highest BCUT2D eigenvalue weighted by atomic mass is 16.5. The van der Waals surface area contributed by atoms with Crippen LogP contribution in [0.4, 0.5) is 0 Å². The van der Waals surface area contributed by atoms with Crippen LogP contribution in [-0.2, 0) is 22.6 Å². The van der Waals surface area contributed by atoms with Crippen molar-refractivity contribution in [1.82, 2.24) is 14.7 Å². The summed E-state index contributed by atoms with van der Waals surface area (Å²) in [5, 5.41) is 4.43. The lowest BCUT2D eigenvalue weighted by Crippen LogP contribution is -2.39. The van der Waals surface area contributed by atoms with E-state index < -0.39 is 0 Å². The number of nitrogens with zero attached hydrogens (tertiary/aromatic N) is 3. The molecule has 150 valence electrons. The van der Waals surface area contributed by atoms with Crippen LogP contribution in [-0.4, -0.2) is 45.6 Å². The van der Waals surface area contributed by atoms with E-state index >= 15 is 0 Å². The lowest BCUT2D eigenvalue weighted by atomic mass is 10.1. The van der Waals surface area contributed by atoms with Crippen LogP contribution in [0, 0.1) is 20.8 Å². The van der Waals surface area contributed by atoms with E-state index in [0.717, 1.165) is 36.3 Å². The first-order valence-corrected chi connectivity index (χ1v) is 9.85. The summed E-state index contributed by atoms with van der Waals surface area (Å²) in [6.45, 7) is 9.25. The Labute approximate surface area is 166 Å². The van der Waals surface area contributed by atoms with E-state index in [1.807, 2.05) is 30.9 Å². The van der Waals surface area contributed by atoms with Crippen LogP contribution in [0.2, 0.25) is 0 Å². The van der Waals surface area contributed by atoms with E-state index in [2.05, 4.69) is 24.2 Å². The fraction of sp³-hybridized carbons (Fsp3) is 0.500. The maximum atomic E-state index is 13.2. The second-order valence-corrected chi connectivity index (χ2v) is 7.60. The van der Waals surface area contributed by atoms with Crippen LogP contribution in [0.3, 0.4) is 0 Å². The molecule has 0 aliphatic carbocycles. The Balaban J connectivity index is 1.81. The number of amides is 1. The van der Waals surface area contributed by atoms with Gasteiger partial charge < -0.3 is 9.64 Å². The number of hydrogen-bond acceptors (Lipinski definition) is 4. The van der Waals surface area contributed by atoms with Crippen LogP contribution in [0.15, 0.2) is 24.3 Å². The van der Waals surface area contributed by atoms with Crippen molar-refractivity contribution in [3.05, 3.63) is 52.3 Å². The summed E-state index contributed by atoms with van der Waals surface area (Å²) >= 11 is 0. The molecule has 1 aliphatic heterocycles. The Bertz CT molecular complexity index is 866. The van der Waals surface area contributed by atoms with Crippen LogP contribution in [0.5, 0.6) is 0 Å². The second-order valence-electron chi connectivity index (χ2n) is 7.60. The number of aryl methyl sites for hydroxylation is 2. The van der Waals surface area contributed by atoms with Gasteiger partial charge in [0.15, 0.2) is 5.78 Å². The number of rotatable bonds is 7. The van der Waals surface area contributed by atoms with Gasteiger partial charge in [0.2, 0.25) is 5.91 Å². The zero-order chi connectivity index (χ0) is 20.3. The first kappa shape index (κ1) is 20.3. The molecule has 2 heterocycles. The lowest BCUT2D eigenvalue weighted by molar-refractivity contribution is -0.134. The van der Waals surface area contributed by atoms with Gasteiger partial charge in [-0.1, -0.05) is 24.3 Å². The van der Waals surface area contributed by atoms with Crippen molar-refractivity contribution in [2.45, 2.75) is 59.7 Å². The number of hydrogen-bond donors (Lipinski definition) is 0. The summed E-state index contributed by atoms with van der Waals surface area (Å²) in [7, 11) is 0. The van der Waals surface area contributed by atoms with Crippen molar-refractivity contribution in [3.8, 4) is 0 Å². The van der Waals surface area contributed by atoms with Gasteiger partial charge in [0, 0.05) is 25.4 Å². The fourth-order valence-corrected chi connectivity index (χ4v) is 3.87. The highest BCUT2D eigenvalue weighted by molar-refractivity contribution is 5.96. The van der Waals surface area contributed by atoms with Gasteiger partial charge in [0.05, 0.1) is 17.4 Å². The molecule has 1 aromatic carbocycles. The predicted molar refractivity (Wildman–Crippen MR) is 107 cm³/mol. The average molecular weight is 383 g/mol. The minimum absolute atomic E-state index is 0.0144. The molecule has 0 bridgehead atoms. The monoisotopic (exact) mass is 383 g/mol. The SMILES string of the molecule is CC(=O)c1c(C)nn(CC(=O)N(Cc2ccccc2C)CC2CCCO2)c1C. The first-order valence-electron chi connectivity index (χ1n) is 9.85. The minimum Gasteiger partial charge on any atom is -0.376 e. The highest BCUT2D eigenvalue weighted by Gasteiger charge is 2.25. The maximum Gasteiger partial charge on any atom is 0.244 e. The van der Waals surface area contributed by atoms with Crippen molar-refractivity contribution in [1.29, 1.82) is 0 Å². The van der Waals surface area contributed by atoms with Crippen molar-refractivity contribution < 1.29 is 14.3 Å². The Hall–Kier alpha value is -2.47. The largest absolute Gasteiger partial charge is 0.376 e. The van der Waals surface area contributed by atoms with Gasteiger partial charge in [-0.2, -0.15) is 5.10 Å². The molecule has 1 atom stereocenters. The molecule has 6 heteroatoms. The molecule has 1 aromatic heterocycles. The average Bonchev–Trinajstić information content (AvgIpc) is 3.24. The van der Waals surface area contributed by atoms with Crippen molar-refractivity contribution in [3.63, 3.8) is 0 Å². The summed E-state index contributed by atoms with van der Waals surface area (Å²) < 4.78 is 7.42. The van der Waals surface area contributed by atoms with Gasteiger partial charge >= 0.3 is 0 Å². The number of ether oxygens (including phenoxy) is 1. The molecule has 1 aliphatic rings. The Morgan fingerprint density at radius 1 is 1.25 bits per heavy atom. The van der Waals surface area contributed by atoms with Gasteiger partial charge in [-0.3, -0.25) is 14.3 Å². The lowest BCUT2D eigenvalue weighted by Gasteiger charge is -2.26. The van der Waals surface area contributed by atoms with Crippen molar-refractivity contribution >= 4 is 11.7 Å². The van der Waals surface area contributed by atoms with Gasteiger partial charge in [0.1, 0.15) is 6.54 Å². The molecule has 1 amide bonds. The third-order valence-electron chi connectivity index (χ3n) is 5.44. The van der Waals surface area contributed by atoms with Crippen molar-refractivity contribution in [2.75, 3.05) is 13.2 Å². The Morgan fingerprint density at radius 2 is 2.00 bits per heavy atom. The molecule has 1 unspecified atom stereocenters. The molecule has 0 N–H and O–H groups in total. The maximum absolute atomic E-state index is 13.2. The molecule has 2 aromatic rings.